The van der Waals surface area contributed by atoms with Gasteiger partial charge in [-0.1, -0.05) is 164 Å². The van der Waals surface area contributed by atoms with Gasteiger partial charge in [-0.05, 0) is 61.6 Å². The van der Waals surface area contributed by atoms with Crippen LogP contribution in [0.25, 0.3) is 111 Å². The minimum Gasteiger partial charge on any atom is -0.435 e. The summed E-state index contributed by atoms with van der Waals surface area (Å²) in [6.45, 7) is 0. The number of aromatic nitrogens is 4. The molecule has 0 aliphatic rings. The van der Waals surface area contributed by atoms with Crippen LogP contribution in [0.15, 0.2) is 186 Å². The summed E-state index contributed by atoms with van der Waals surface area (Å²) in [5.41, 5.74) is 7.69. The Morgan fingerprint density at radius 3 is 1.64 bits per heavy atom. The van der Waals surface area contributed by atoms with E-state index in [-0.39, 0.29) is 0 Å². The highest BCUT2D eigenvalue weighted by atomic mass is 16.3. The van der Waals surface area contributed by atoms with Crippen LogP contribution in [0.4, 0.5) is 0 Å². The molecule has 0 N–H and O–H groups in total. The quantitative estimate of drug-likeness (QED) is 0.167. The molecule has 0 saturated carbocycles. The summed E-state index contributed by atoms with van der Waals surface area (Å²) < 4.78 is 6.73. The molecule has 5 nitrogen and oxygen atoms in total. The molecule has 0 atom stereocenters. The Morgan fingerprint density at radius 1 is 0.327 bits per heavy atom. The van der Waals surface area contributed by atoms with Gasteiger partial charge in [-0.25, -0.2) is 19.9 Å². The van der Waals surface area contributed by atoms with Crippen molar-refractivity contribution in [3.8, 4) is 56.7 Å². The Morgan fingerprint density at radius 2 is 0.873 bits per heavy atom. The first-order valence-corrected chi connectivity index (χ1v) is 18.4. The van der Waals surface area contributed by atoms with E-state index < -0.39 is 0 Å². The number of fused-ring (bicyclic) bond motifs is 8. The molecule has 0 fully saturated rings. The molecule has 55 heavy (non-hydrogen) atoms. The van der Waals surface area contributed by atoms with Crippen molar-refractivity contribution in [1.82, 2.24) is 19.9 Å². The van der Waals surface area contributed by atoms with Crippen LogP contribution >= 0.6 is 0 Å². The third-order valence-corrected chi connectivity index (χ3v) is 10.5. The van der Waals surface area contributed by atoms with Crippen LogP contribution in [-0.2, 0) is 0 Å². The molecule has 0 aliphatic heterocycles. The maximum absolute atomic E-state index is 6.73. The van der Waals surface area contributed by atoms with Gasteiger partial charge in [-0.2, -0.15) is 0 Å². The molecule has 256 valence electrons. The lowest BCUT2D eigenvalue weighted by molar-refractivity contribution is 0.624. The van der Waals surface area contributed by atoms with Gasteiger partial charge in [0.1, 0.15) is 5.52 Å². The Labute approximate surface area is 316 Å². The Bertz CT molecular complexity index is 3240. The molecular weight excluding hydrogens is 673 g/mol. The molecule has 11 rings (SSSR count). The van der Waals surface area contributed by atoms with Gasteiger partial charge in [-0.3, -0.25) is 0 Å². The van der Waals surface area contributed by atoms with E-state index in [0.717, 1.165) is 82.0 Å². The maximum atomic E-state index is 6.73. The van der Waals surface area contributed by atoms with Crippen LogP contribution < -0.4 is 0 Å². The molecule has 0 saturated heterocycles. The average molecular weight is 703 g/mol. The summed E-state index contributed by atoms with van der Waals surface area (Å²) in [4.78, 5) is 20.1. The van der Waals surface area contributed by atoms with E-state index in [1.54, 1.807) is 0 Å². The van der Waals surface area contributed by atoms with Gasteiger partial charge in [0.25, 0.3) is 0 Å². The summed E-state index contributed by atoms with van der Waals surface area (Å²) in [6.07, 6.45) is 0. The molecule has 0 bridgehead atoms. The minimum atomic E-state index is 0.619. The zero-order valence-corrected chi connectivity index (χ0v) is 29.5. The lowest BCUT2D eigenvalue weighted by Gasteiger charge is -2.11. The van der Waals surface area contributed by atoms with Crippen LogP contribution in [0, 0.1) is 0 Å². The number of oxazole rings is 1. The molecule has 2 aromatic heterocycles. The normalized spacial score (nSPS) is 11.6. The molecule has 2 heterocycles. The minimum absolute atomic E-state index is 0.619. The predicted octanol–water partition coefficient (Wildman–Crippen LogP) is 13.0. The van der Waals surface area contributed by atoms with Crippen molar-refractivity contribution < 1.29 is 4.42 Å². The van der Waals surface area contributed by atoms with E-state index in [1.165, 1.54) is 5.56 Å². The molecule has 0 aliphatic carbocycles. The maximum Gasteiger partial charge on any atom is 0.227 e. The largest absolute Gasteiger partial charge is 0.435 e. The fourth-order valence-electron chi connectivity index (χ4n) is 7.81. The number of nitrogens with zero attached hydrogens (tertiary/aromatic N) is 4. The first kappa shape index (κ1) is 31.1. The summed E-state index contributed by atoms with van der Waals surface area (Å²) in [7, 11) is 0. The average Bonchev–Trinajstić information content (AvgIpc) is 3.71. The van der Waals surface area contributed by atoms with Crippen molar-refractivity contribution in [1.29, 1.82) is 0 Å². The second-order valence-corrected chi connectivity index (χ2v) is 13.8. The predicted molar refractivity (Wildman–Crippen MR) is 225 cm³/mol. The number of hydrogen-bond donors (Lipinski definition) is 0. The molecular formula is C50H30N4O. The third-order valence-electron chi connectivity index (χ3n) is 10.5. The number of rotatable bonds is 5. The van der Waals surface area contributed by atoms with Crippen LogP contribution in [0.3, 0.4) is 0 Å². The van der Waals surface area contributed by atoms with Crippen molar-refractivity contribution in [3.05, 3.63) is 182 Å². The smallest absolute Gasteiger partial charge is 0.227 e. The highest BCUT2D eigenvalue weighted by Gasteiger charge is 2.18. The van der Waals surface area contributed by atoms with Gasteiger partial charge in [0.05, 0.1) is 0 Å². The van der Waals surface area contributed by atoms with E-state index in [2.05, 4.69) is 146 Å². The summed E-state index contributed by atoms with van der Waals surface area (Å²) >= 11 is 0. The lowest BCUT2D eigenvalue weighted by atomic mass is 9.95. The highest BCUT2D eigenvalue weighted by Crippen LogP contribution is 2.40. The van der Waals surface area contributed by atoms with Gasteiger partial charge in [0.2, 0.25) is 5.89 Å². The Kier molecular flexibility index (Phi) is 7.10. The fraction of sp³-hybridized carbons (Fsp3) is 0. The second-order valence-electron chi connectivity index (χ2n) is 13.8. The highest BCUT2D eigenvalue weighted by molar-refractivity contribution is 6.26. The zero-order chi connectivity index (χ0) is 36.3. The van der Waals surface area contributed by atoms with Crippen LogP contribution in [0.2, 0.25) is 0 Å². The van der Waals surface area contributed by atoms with Crippen LogP contribution in [0.1, 0.15) is 0 Å². The van der Waals surface area contributed by atoms with E-state index in [9.17, 15) is 0 Å². The van der Waals surface area contributed by atoms with Crippen LogP contribution in [-0.4, -0.2) is 19.9 Å². The molecule has 0 unspecified atom stereocenters. The molecule has 0 spiro atoms. The van der Waals surface area contributed by atoms with E-state index in [4.69, 9.17) is 24.4 Å². The SMILES string of the molecule is c1ccc(-c2ccc(-c3nc(-c4ccccc4)nc(-c4ccc5c(ccc6ccc7ccc8nc(-c9cccc%10ccccc9%10)oc8c7c65)c4)n3)cc2)cc1. The first-order chi connectivity index (χ1) is 27.2. The molecule has 0 amide bonds. The van der Waals surface area contributed by atoms with Gasteiger partial charge >= 0.3 is 0 Å². The van der Waals surface area contributed by atoms with Crippen molar-refractivity contribution in [2.45, 2.75) is 0 Å². The summed E-state index contributed by atoms with van der Waals surface area (Å²) in [5, 5.41) is 8.90. The molecule has 9 aromatic carbocycles. The fourth-order valence-corrected chi connectivity index (χ4v) is 7.81. The first-order valence-electron chi connectivity index (χ1n) is 18.4. The second kappa shape index (κ2) is 12.6. The Hall–Kier alpha value is -7.50. The molecule has 11 aromatic rings. The zero-order valence-electron chi connectivity index (χ0n) is 29.5. The molecule has 5 heteroatoms. The third kappa shape index (κ3) is 5.33. The molecule has 0 radical (unpaired) electrons. The van der Waals surface area contributed by atoms with Gasteiger partial charge < -0.3 is 4.42 Å². The van der Waals surface area contributed by atoms with Crippen molar-refractivity contribution in [2.75, 3.05) is 0 Å². The van der Waals surface area contributed by atoms with Crippen molar-refractivity contribution >= 4 is 54.2 Å². The Balaban J connectivity index is 1.07. The van der Waals surface area contributed by atoms with Gasteiger partial charge in [-0.15, -0.1) is 0 Å². The van der Waals surface area contributed by atoms with Crippen molar-refractivity contribution in [2.24, 2.45) is 0 Å². The topological polar surface area (TPSA) is 64.7 Å². The standard InChI is InChI=1S/C50H30N4O/c1-3-10-31(11-4-1)32-18-23-37(24-19-32)48-52-47(36-13-5-2-6-14-36)53-49(54-48)39-26-28-41-38(30-39)25-22-34-20-21-35-27-29-43-46(45(35)44(34)41)55-50(51-43)42-17-9-15-33-12-7-8-16-40(33)42/h1-30H. The van der Waals surface area contributed by atoms with Crippen LogP contribution in [0.5, 0.6) is 0 Å². The number of benzene rings is 9. The number of hydrogen-bond acceptors (Lipinski definition) is 5. The van der Waals surface area contributed by atoms with Gasteiger partial charge in [0, 0.05) is 33.0 Å². The van der Waals surface area contributed by atoms with Crippen molar-refractivity contribution in [3.63, 3.8) is 0 Å². The van der Waals surface area contributed by atoms with E-state index in [0.29, 0.717) is 23.4 Å². The summed E-state index contributed by atoms with van der Waals surface area (Å²) in [6, 6.07) is 62.9. The monoisotopic (exact) mass is 702 g/mol. The van der Waals surface area contributed by atoms with Gasteiger partial charge in [0.15, 0.2) is 23.1 Å². The lowest BCUT2D eigenvalue weighted by Crippen LogP contribution is -2.00. The van der Waals surface area contributed by atoms with E-state index in [1.807, 2.05) is 36.4 Å². The summed E-state index contributed by atoms with van der Waals surface area (Å²) in [5.74, 6) is 2.50. The van der Waals surface area contributed by atoms with E-state index >= 15 is 0 Å².